The van der Waals surface area contributed by atoms with E-state index < -0.39 is 17.8 Å². The minimum Gasteiger partial charge on any atom is -0.372 e. The maximum absolute atomic E-state index is 13.9. The fourth-order valence-electron chi connectivity index (χ4n) is 4.88. The van der Waals surface area contributed by atoms with Gasteiger partial charge in [0.15, 0.2) is 0 Å². The second-order valence-corrected chi connectivity index (χ2v) is 9.22. The van der Waals surface area contributed by atoms with Crippen molar-refractivity contribution in [1.82, 2.24) is 0 Å². The number of hydrogen-bond acceptors (Lipinski definition) is 4. The van der Waals surface area contributed by atoms with Crippen molar-refractivity contribution in [2.45, 2.75) is 20.8 Å². The van der Waals surface area contributed by atoms with Gasteiger partial charge in [0.05, 0.1) is 11.4 Å². The number of carbonyl (C=O) groups is 3. The van der Waals surface area contributed by atoms with Crippen molar-refractivity contribution >= 4 is 51.8 Å². The maximum Gasteiger partial charge on any atom is 0.343 e. The average molecular weight is 504 g/mol. The third-order valence-corrected chi connectivity index (χ3v) is 6.85. The minimum absolute atomic E-state index is 0.0744. The molecule has 0 atom stereocenters. The van der Waals surface area contributed by atoms with Gasteiger partial charge in [0.25, 0.3) is 11.8 Å². The van der Waals surface area contributed by atoms with Crippen molar-refractivity contribution in [2.75, 3.05) is 27.8 Å². The van der Waals surface area contributed by atoms with Crippen LogP contribution < -0.4 is 14.7 Å². The van der Waals surface area contributed by atoms with E-state index in [1.807, 2.05) is 67.6 Å². The van der Waals surface area contributed by atoms with Gasteiger partial charge in [-0.15, -0.1) is 0 Å². The van der Waals surface area contributed by atoms with E-state index in [9.17, 15) is 14.4 Å². The Labute approximate surface area is 222 Å². The van der Waals surface area contributed by atoms with E-state index in [0.29, 0.717) is 16.9 Å². The Kier molecular flexibility index (Phi) is 6.79. The minimum atomic E-state index is -0.698. The zero-order valence-electron chi connectivity index (χ0n) is 21.7. The van der Waals surface area contributed by atoms with E-state index >= 15 is 0 Å². The van der Waals surface area contributed by atoms with E-state index in [-0.39, 0.29) is 5.57 Å². The quantitative estimate of drug-likeness (QED) is 0.220. The Bertz CT molecular complexity index is 1560. The smallest absolute Gasteiger partial charge is 0.343 e. The highest BCUT2D eigenvalue weighted by molar-refractivity contribution is 6.46. The molecule has 0 spiro atoms. The van der Waals surface area contributed by atoms with Crippen molar-refractivity contribution in [3.05, 3.63) is 108 Å². The highest BCUT2D eigenvalue weighted by Gasteiger charge is 2.44. The summed E-state index contributed by atoms with van der Waals surface area (Å²) in [4.78, 5) is 45.9. The van der Waals surface area contributed by atoms with Gasteiger partial charge in [-0.1, -0.05) is 60.7 Å². The molecular weight excluding hydrogens is 474 g/mol. The summed E-state index contributed by atoms with van der Waals surface area (Å²) in [6.07, 6.45) is 1.57. The summed E-state index contributed by atoms with van der Waals surface area (Å²) in [5.41, 5.74) is 3.44. The highest BCUT2D eigenvalue weighted by Crippen LogP contribution is 2.34. The van der Waals surface area contributed by atoms with Crippen LogP contribution in [0.4, 0.5) is 21.9 Å². The number of amides is 4. The molecular formula is C32H29N3O3. The first-order valence-corrected chi connectivity index (χ1v) is 12.8. The molecule has 1 aliphatic rings. The summed E-state index contributed by atoms with van der Waals surface area (Å²) in [5.74, 6) is -1.29. The summed E-state index contributed by atoms with van der Waals surface area (Å²) < 4.78 is 0. The van der Waals surface area contributed by atoms with Crippen LogP contribution in [-0.4, -0.2) is 30.9 Å². The molecule has 38 heavy (non-hydrogen) atoms. The third kappa shape index (κ3) is 4.45. The highest BCUT2D eigenvalue weighted by atomic mass is 16.2. The molecule has 4 amide bonds. The fraction of sp³-hybridized carbons (Fsp3) is 0.156. The Morgan fingerprint density at radius 3 is 2.11 bits per heavy atom. The summed E-state index contributed by atoms with van der Waals surface area (Å²) in [7, 11) is 0. The van der Waals surface area contributed by atoms with Crippen LogP contribution in [0, 0.1) is 6.92 Å². The number of anilines is 3. The Morgan fingerprint density at radius 2 is 1.39 bits per heavy atom. The number of carbonyl (C=O) groups excluding carboxylic acids is 3. The van der Waals surface area contributed by atoms with Gasteiger partial charge >= 0.3 is 6.03 Å². The van der Waals surface area contributed by atoms with Crippen LogP contribution in [0.2, 0.25) is 0 Å². The average Bonchev–Trinajstić information content (AvgIpc) is 2.93. The van der Waals surface area contributed by atoms with E-state index in [4.69, 9.17) is 0 Å². The Morgan fingerprint density at radius 1 is 0.737 bits per heavy atom. The van der Waals surface area contributed by atoms with Crippen LogP contribution in [0.25, 0.3) is 16.8 Å². The van der Waals surface area contributed by atoms with Crippen LogP contribution in [-0.2, 0) is 9.59 Å². The summed E-state index contributed by atoms with van der Waals surface area (Å²) in [6, 6.07) is 27.2. The van der Waals surface area contributed by atoms with Crippen molar-refractivity contribution in [1.29, 1.82) is 0 Å². The van der Waals surface area contributed by atoms with Crippen LogP contribution in [0.1, 0.15) is 25.0 Å². The number of urea groups is 1. The van der Waals surface area contributed by atoms with Crippen LogP contribution >= 0.6 is 0 Å². The molecule has 0 aliphatic carbocycles. The van der Waals surface area contributed by atoms with Crippen LogP contribution in [0.5, 0.6) is 0 Å². The molecule has 1 fully saturated rings. The molecule has 0 bridgehead atoms. The fourth-order valence-corrected chi connectivity index (χ4v) is 4.88. The Hall–Kier alpha value is -4.71. The third-order valence-electron chi connectivity index (χ3n) is 6.85. The second-order valence-electron chi connectivity index (χ2n) is 9.22. The number of rotatable bonds is 6. The number of barbiturate groups is 1. The number of imide groups is 2. The van der Waals surface area contributed by atoms with Gasteiger partial charge in [0.1, 0.15) is 5.57 Å². The number of aryl methyl sites for hydroxylation is 1. The second kappa shape index (κ2) is 10.3. The van der Waals surface area contributed by atoms with Gasteiger partial charge in [-0.2, -0.15) is 0 Å². The lowest BCUT2D eigenvalue weighted by atomic mass is 10.0. The van der Waals surface area contributed by atoms with Gasteiger partial charge in [0, 0.05) is 24.2 Å². The topological polar surface area (TPSA) is 60.9 Å². The lowest BCUT2D eigenvalue weighted by Crippen LogP contribution is -2.57. The molecule has 6 nitrogen and oxygen atoms in total. The zero-order chi connectivity index (χ0) is 26.8. The van der Waals surface area contributed by atoms with Gasteiger partial charge in [-0.25, -0.2) is 14.6 Å². The molecule has 6 heteroatoms. The van der Waals surface area contributed by atoms with E-state index in [2.05, 4.69) is 18.7 Å². The first-order valence-electron chi connectivity index (χ1n) is 12.8. The predicted octanol–water partition coefficient (Wildman–Crippen LogP) is 6.58. The zero-order valence-corrected chi connectivity index (χ0v) is 21.7. The molecule has 1 aliphatic heterocycles. The first kappa shape index (κ1) is 25.0. The van der Waals surface area contributed by atoms with E-state index in [0.717, 1.165) is 44.9 Å². The molecule has 4 aromatic rings. The molecule has 5 rings (SSSR count). The SMILES string of the molecule is CCN(CC)c1ccc(/C=C2\C(=O)N(c3cccc(C)c3)C(=O)N(c3cccc4ccccc34)C2=O)cc1. The molecule has 1 heterocycles. The largest absolute Gasteiger partial charge is 0.372 e. The van der Waals surface area contributed by atoms with Crippen LogP contribution in [0.3, 0.4) is 0 Å². The predicted molar refractivity (Wildman–Crippen MR) is 153 cm³/mol. The molecule has 4 aromatic carbocycles. The van der Waals surface area contributed by atoms with E-state index in [1.165, 1.54) is 0 Å². The van der Waals surface area contributed by atoms with E-state index in [1.54, 1.807) is 36.4 Å². The normalized spacial score (nSPS) is 15.0. The maximum atomic E-state index is 13.9. The van der Waals surface area contributed by atoms with Crippen molar-refractivity contribution in [3.63, 3.8) is 0 Å². The van der Waals surface area contributed by atoms with Gasteiger partial charge in [0.2, 0.25) is 0 Å². The molecule has 0 unspecified atom stereocenters. The Balaban J connectivity index is 1.65. The molecule has 1 saturated heterocycles. The lowest BCUT2D eigenvalue weighted by Gasteiger charge is -2.34. The first-order chi connectivity index (χ1) is 18.4. The molecule has 0 N–H and O–H groups in total. The summed E-state index contributed by atoms with van der Waals surface area (Å²) >= 11 is 0. The molecule has 0 aromatic heterocycles. The van der Waals surface area contributed by atoms with Crippen molar-refractivity contribution in [2.24, 2.45) is 0 Å². The van der Waals surface area contributed by atoms with Gasteiger partial charge in [-0.3, -0.25) is 9.59 Å². The van der Waals surface area contributed by atoms with Crippen LogP contribution in [0.15, 0.2) is 96.6 Å². The summed E-state index contributed by atoms with van der Waals surface area (Å²) in [5, 5.41) is 1.64. The standard InChI is InChI=1S/C32H29N3O3/c1-4-33(5-2)25-18-16-23(17-19-25)21-28-30(36)34(26-13-8-10-22(3)20-26)32(38)35(31(28)37)29-15-9-12-24-11-6-7-14-27(24)29/h6-21H,4-5H2,1-3H3/b28-21+. The number of nitrogens with zero attached hydrogens (tertiary/aromatic N) is 3. The van der Waals surface area contributed by atoms with Crippen molar-refractivity contribution < 1.29 is 14.4 Å². The molecule has 190 valence electrons. The summed E-state index contributed by atoms with van der Waals surface area (Å²) in [6.45, 7) is 7.84. The number of benzene rings is 4. The van der Waals surface area contributed by atoms with Gasteiger partial charge in [-0.05, 0) is 73.7 Å². The number of hydrogen-bond donors (Lipinski definition) is 0. The van der Waals surface area contributed by atoms with Gasteiger partial charge < -0.3 is 4.90 Å². The monoisotopic (exact) mass is 503 g/mol. The number of fused-ring (bicyclic) bond motifs is 1. The van der Waals surface area contributed by atoms with Crippen molar-refractivity contribution in [3.8, 4) is 0 Å². The molecule has 0 saturated carbocycles. The lowest BCUT2D eigenvalue weighted by molar-refractivity contribution is -0.121. The molecule has 0 radical (unpaired) electrons.